The summed E-state index contributed by atoms with van der Waals surface area (Å²) in [5, 5.41) is 10.5. The van der Waals surface area contributed by atoms with Gasteiger partial charge in [-0.1, -0.05) is 54.1 Å². The van der Waals surface area contributed by atoms with Crippen LogP contribution in [0.5, 0.6) is 0 Å². The topological polar surface area (TPSA) is 41.9 Å². The molecule has 4 nitrogen and oxygen atoms in total. The monoisotopic (exact) mass is 345 g/mol. The molecule has 126 valence electrons. The van der Waals surface area contributed by atoms with Crippen molar-refractivity contribution in [3.05, 3.63) is 70.2 Å². The fraction of sp³-hybridized carbons (Fsp3) is 0.368. The maximum Gasteiger partial charge on any atom is 0.184 e. The number of hydrogen-bond donors (Lipinski definition) is 1. The molecule has 5 heteroatoms. The Kier molecular flexibility index (Phi) is 4.57. The van der Waals surface area contributed by atoms with Crippen LogP contribution in [0, 0.1) is 0 Å². The molecular formula is C19H20ClNO3. The minimum Gasteiger partial charge on any atom is -0.390 e. The standard InChI is InChI=1S/C19H20ClNO3/c20-17-4-2-1-3-16(17)18(21-11-15(22)12-21)13-5-7-14(8-6-13)19-23-9-10-24-19/h1-8,15,18-19,22H,9-12H2. The average Bonchev–Trinajstić information content (AvgIpc) is 3.10. The largest absolute Gasteiger partial charge is 0.390 e. The van der Waals surface area contributed by atoms with Crippen molar-refractivity contribution in [2.24, 2.45) is 0 Å². The summed E-state index contributed by atoms with van der Waals surface area (Å²) in [5.41, 5.74) is 3.24. The summed E-state index contributed by atoms with van der Waals surface area (Å²) in [5.74, 6) is 0. The molecule has 2 aromatic carbocycles. The van der Waals surface area contributed by atoms with Crippen LogP contribution in [0.4, 0.5) is 0 Å². The van der Waals surface area contributed by atoms with Gasteiger partial charge >= 0.3 is 0 Å². The van der Waals surface area contributed by atoms with E-state index >= 15 is 0 Å². The number of likely N-dealkylation sites (tertiary alicyclic amines) is 1. The van der Waals surface area contributed by atoms with Gasteiger partial charge in [-0.3, -0.25) is 4.90 Å². The number of β-amino-alcohol motifs (C(OH)–C–C–N with tert-alkyl or cyclic N) is 1. The molecule has 2 saturated heterocycles. The summed E-state index contributed by atoms with van der Waals surface area (Å²) in [6.07, 6.45) is -0.516. The smallest absolute Gasteiger partial charge is 0.184 e. The molecule has 2 aromatic rings. The Hall–Kier alpha value is -1.43. The predicted molar refractivity (Wildman–Crippen MR) is 92.0 cm³/mol. The zero-order valence-electron chi connectivity index (χ0n) is 13.3. The van der Waals surface area contributed by atoms with Crippen LogP contribution in [0.15, 0.2) is 48.5 Å². The van der Waals surface area contributed by atoms with Crippen LogP contribution in [0.25, 0.3) is 0 Å². The first kappa shape index (κ1) is 16.1. The minimum absolute atomic E-state index is 0.0431. The number of halogens is 1. The molecule has 1 unspecified atom stereocenters. The van der Waals surface area contributed by atoms with Gasteiger partial charge in [-0.05, 0) is 17.2 Å². The fourth-order valence-corrected chi connectivity index (χ4v) is 3.61. The summed E-state index contributed by atoms with van der Waals surface area (Å²) < 4.78 is 11.1. The molecule has 24 heavy (non-hydrogen) atoms. The Balaban J connectivity index is 1.64. The van der Waals surface area contributed by atoms with Gasteiger partial charge in [0.2, 0.25) is 0 Å². The van der Waals surface area contributed by atoms with Crippen molar-refractivity contribution in [1.82, 2.24) is 4.90 Å². The Morgan fingerprint density at radius 1 is 1.00 bits per heavy atom. The molecule has 0 aromatic heterocycles. The van der Waals surface area contributed by atoms with Gasteiger partial charge in [0.1, 0.15) is 0 Å². The molecule has 1 atom stereocenters. The molecule has 0 radical (unpaired) electrons. The third-order valence-electron chi connectivity index (χ3n) is 4.60. The number of nitrogens with zero attached hydrogens (tertiary/aromatic N) is 1. The second kappa shape index (κ2) is 6.82. The zero-order chi connectivity index (χ0) is 16.5. The van der Waals surface area contributed by atoms with Crippen LogP contribution in [0.1, 0.15) is 29.0 Å². The van der Waals surface area contributed by atoms with Gasteiger partial charge in [0.05, 0.1) is 25.4 Å². The number of aliphatic hydroxyl groups is 1. The minimum atomic E-state index is -0.261. The molecule has 0 amide bonds. The molecule has 1 N–H and O–H groups in total. The van der Waals surface area contributed by atoms with Crippen LogP contribution in [0.3, 0.4) is 0 Å². The lowest BCUT2D eigenvalue weighted by Crippen LogP contribution is -2.52. The van der Waals surface area contributed by atoms with Gasteiger partial charge in [-0.15, -0.1) is 0 Å². The van der Waals surface area contributed by atoms with E-state index < -0.39 is 0 Å². The summed E-state index contributed by atoms with van der Waals surface area (Å²) in [7, 11) is 0. The van der Waals surface area contributed by atoms with Gasteiger partial charge in [0, 0.05) is 23.7 Å². The highest BCUT2D eigenvalue weighted by Gasteiger charge is 2.33. The van der Waals surface area contributed by atoms with Gasteiger partial charge in [-0.25, -0.2) is 0 Å². The SMILES string of the molecule is OC1CN(C(c2ccc(C3OCCO3)cc2)c2ccccc2Cl)C1. The van der Waals surface area contributed by atoms with E-state index in [1.165, 1.54) is 0 Å². The second-order valence-electron chi connectivity index (χ2n) is 6.27. The third kappa shape index (κ3) is 3.08. The number of benzene rings is 2. The second-order valence-corrected chi connectivity index (χ2v) is 6.68. The lowest BCUT2D eigenvalue weighted by molar-refractivity contribution is -0.0441. The molecule has 0 bridgehead atoms. The van der Waals surface area contributed by atoms with E-state index in [9.17, 15) is 5.11 Å². The van der Waals surface area contributed by atoms with Crippen molar-refractivity contribution in [2.45, 2.75) is 18.4 Å². The van der Waals surface area contributed by atoms with Crippen LogP contribution < -0.4 is 0 Å². The third-order valence-corrected chi connectivity index (χ3v) is 4.95. The molecule has 2 heterocycles. The Morgan fingerprint density at radius 3 is 2.29 bits per heavy atom. The van der Waals surface area contributed by atoms with Crippen molar-refractivity contribution < 1.29 is 14.6 Å². The molecule has 2 aliphatic rings. The molecule has 2 aliphatic heterocycles. The lowest BCUT2D eigenvalue weighted by Gasteiger charge is -2.42. The van der Waals surface area contributed by atoms with E-state index in [-0.39, 0.29) is 18.4 Å². The number of rotatable bonds is 4. The Morgan fingerprint density at radius 2 is 1.67 bits per heavy atom. The van der Waals surface area contributed by atoms with Crippen LogP contribution in [-0.2, 0) is 9.47 Å². The molecule has 0 spiro atoms. The maximum absolute atomic E-state index is 9.71. The maximum atomic E-state index is 9.71. The van der Waals surface area contributed by atoms with Gasteiger partial charge < -0.3 is 14.6 Å². The highest BCUT2D eigenvalue weighted by Crippen LogP contribution is 2.36. The molecule has 4 rings (SSSR count). The molecule has 0 saturated carbocycles. The number of ether oxygens (including phenoxy) is 2. The number of hydrogen-bond acceptors (Lipinski definition) is 4. The summed E-state index contributed by atoms with van der Waals surface area (Å²) in [4.78, 5) is 2.24. The highest BCUT2D eigenvalue weighted by molar-refractivity contribution is 6.31. The fourth-order valence-electron chi connectivity index (χ4n) is 3.37. The Labute approximate surface area is 146 Å². The van der Waals surface area contributed by atoms with E-state index in [0.29, 0.717) is 26.3 Å². The van der Waals surface area contributed by atoms with E-state index in [1.54, 1.807) is 0 Å². The quantitative estimate of drug-likeness (QED) is 0.924. The van der Waals surface area contributed by atoms with Crippen molar-refractivity contribution in [1.29, 1.82) is 0 Å². The predicted octanol–water partition coefficient (Wildman–Crippen LogP) is 3.15. The average molecular weight is 346 g/mol. The zero-order valence-corrected chi connectivity index (χ0v) is 14.0. The normalized spacial score (nSPS) is 20.9. The summed E-state index contributed by atoms with van der Waals surface area (Å²) >= 11 is 6.44. The first-order chi connectivity index (χ1) is 11.7. The van der Waals surface area contributed by atoms with E-state index in [2.05, 4.69) is 23.1 Å². The highest BCUT2D eigenvalue weighted by atomic mass is 35.5. The van der Waals surface area contributed by atoms with Crippen LogP contribution >= 0.6 is 11.6 Å². The van der Waals surface area contributed by atoms with Crippen molar-refractivity contribution in [3.8, 4) is 0 Å². The summed E-state index contributed by atoms with van der Waals surface area (Å²) in [6.45, 7) is 2.60. The van der Waals surface area contributed by atoms with Crippen molar-refractivity contribution in [3.63, 3.8) is 0 Å². The molecule has 0 aliphatic carbocycles. The number of aliphatic hydroxyl groups excluding tert-OH is 1. The first-order valence-electron chi connectivity index (χ1n) is 8.22. The van der Waals surface area contributed by atoms with Gasteiger partial charge in [-0.2, -0.15) is 0 Å². The Bertz CT molecular complexity index is 694. The van der Waals surface area contributed by atoms with Crippen molar-refractivity contribution >= 4 is 11.6 Å². The lowest BCUT2D eigenvalue weighted by atomic mass is 9.93. The van der Waals surface area contributed by atoms with Crippen molar-refractivity contribution in [2.75, 3.05) is 26.3 Å². The first-order valence-corrected chi connectivity index (χ1v) is 8.60. The van der Waals surface area contributed by atoms with E-state index in [4.69, 9.17) is 21.1 Å². The van der Waals surface area contributed by atoms with Crippen LogP contribution in [0.2, 0.25) is 5.02 Å². The van der Waals surface area contributed by atoms with Crippen LogP contribution in [-0.4, -0.2) is 42.4 Å². The molecule has 2 fully saturated rings. The van der Waals surface area contributed by atoms with E-state index in [0.717, 1.165) is 21.7 Å². The van der Waals surface area contributed by atoms with Gasteiger partial charge in [0.15, 0.2) is 6.29 Å². The molecular weight excluding hydrogens is 326 g/mol. The van der Waals surface area contributed by atoms with Gasteiger partial charge in [0.25, 0.3) is 0 Å². The van der Waals surface area contributed by atoms with E-state index in [1.807, 2.05) is 30.3 Å². The summed E-state index contributed by atoms with van der Waals surface area (Å²) in [6, 6.07) is 16.2.